The number of fused-ring (bicyclic) bond motifs is 1. The van der Waals surface area contributed by atoms with Crippen molar-refractivity contribution in [2.24, 2.45) is 22.7 Å². The first-order chi connectivity index (χ1) is 12.5. The minimum Gasteiger partial charge on any atom is -0.336 e. The first-order valence-electron chi connectivity index (χ1n) is 9.85. The van der Waals surface area contributed by atoms with Crippen LogP contribution in [-0.2, 0) is 19.2 Å². The molecule has 5 atom stereocenters. The van der Waals surface area contributed by atoms with Gasteiger partial charge in [-0.25, -0.2) is 0 Å². The van der Waals surface area contributed by atoms with Gasteiger partial charge in [0.2, 0.25) is 23.6 Å². The Balaban J connectivity index is 1.71. The predicted octanol–water partition coefficient (Wildman–Crippen LogP) is 0.629. The molecule has 0 radical (unpaired) electrons. The van der Waals surface area contributed by atoms with E-state index in [1.54, 1.807) is 7.05 Å². The summed E-state index contributed by atoms with van der Waals surface area (Å²) in [5.41, 5.74) is -2.57. The number of rotatable bonds is 0. The smallest absolute Gasteiger partial charge is 0.249 e. The number of piperazine rings is 1. The third-order valence-corrected chi connectivity index (χ3v) is 9.27. The van der Waals surface area contributed by atoms with Crippen LogP contribution in [-0.4, -0.2) is 70.0 Å². The van der Waals surface area contributed by atoms with Crippen molar-refractivity contribution in [1.29, 1.82) is 0 Å². The van der Waals surface area contributed by atoms with E-state index in [2.05, 4.69) is 13.8 Å². The summed E-state index contributed by atoms with van der Waals surface area (Å²) in [7, 11) is 3.40. The molecular formula is C20H27N3O4. The lowest BCUT2D eigenvalue weighted by molar-refractivity contribution is -0.192. The molecule has 4 amide bonds. The molecule has 5 heterocycles. The average Bonchev–Trinajstić information content (AvgIpc) is 3.07. The molecular weight excluding hydrogens is 346 g/mol. The van der Waals surface area contributed by atoms with Crippen LogP contribution in [0.1, 0.15) is 46.5 Å². The van der Waals surface area contributed by atoms with E-state index in [-0.39, 0.29) is 41.9 Å². The van der Waals surface area contributed by atoms with Crippen LogP contribution in [0.3, 0.4) is 0 Å². The zero-order valence-electron chi connectivity index (χ0n) is 16.7. The zero-order valence-corrected chi connectivity index (χ0v) is 16.7. The van der Waals surface area contributed by atoms with Gasteiger partial charge in [-0.05, 0) is 30.1 Å². The molecule has 7 nitrogen and oxygen atoms in total. The van der Waals surface area contributed by atoms with Crippen LogP contribution >= 0.6 is 0 Å². The van der Waals surface area contributed by atoms with Gasteiger partial charge in [-0.3, -0.25) is 24.1 Å². The Bertz CT molecular complexity index is 837. The maximum absolute atomic E-state index is 13.5. The minimum atomic E-state index is -0.796. The van der Waals surface area contributed by atoms with Crippen molar-refractivity contribution in [2.75, 3.05) is 20.6 Å². The molecule has 1 aliphatic carbocycles. The Hall–Kier alpha value is -1.92. The summed E-state index contributed by atoms with van der Waals surface area (Å²) in [4.78, 5) is 56.8. The van der Waals surface area contributed by atoms with Crippen molar-refractivity contribution in [3.05, 3.63) is 0 Å². The summed E-state index contributed by atoms with van der Waals surface area (Å²) >= 11 is 0. The van der Waals surface area contributed by atoms with Gasteiger partial charge in [0.25, 0.3) is 0 Å². The standard InChI is InChI=1S/C20H27N3O4/c1-11-6-13(24)23-10-19-9-18(8-14(25)21(4)15(18)26)17(2,3)12(19)7-20(11,23)16(27)22(19)5/h11-12H,6-10H2,1-5H3. The molecule has 6 fully saturated rings. The average molecular weight is 373 g/mol. The summed E-state index contributed by atoms with van der Waals surface area (Å²) in [6.07, 6.45) is 1.67. The molecule has 6 rings (SSSR count). The van der Waals surface area contributed by atoms with Crippen molar-refractivity contribution < 1.29 is 19.2 Å². The number of piperidine rings is 2. The molecule has 5 aliphatic heterocycles. The van der Waals surface area contributed by atoms with Crippen molar-refractivity contribution in [3.63, 3.8) is 0 Å². The maximum atomic E-state index is 13.5. The summed E-state index contributed by atoms with van der Waals surface area (Å²) in [5, 5.41) is 0. The van der Waals surface area contributed by atoms with E-state index >= 15 is 0 Å². The van der Waals surface area contributed by atoms with Gasteiger partial charge in [0.05, 0.1) is 11.0 Å². The van der Waals surface area contributed by atoms with Crippen LogP contribution in [0, 0.1) is 22.7 Å². The van der Waals surface area contributed by atoms with E-state index < -0.39 is 21.9 Å². The lowest BCUT2D eigenvalue weighted by atomic mass is 9.57. The molecule has 0 aromatic rings. The highest BCUT2D eigenvalue weighted by molar-refractivity contribution is 6.07. The van der Waals surface area contributed by atoms with Gasteiger partial charge in [0.1, 0.15) is 5.54 Å². The number of carbonyl (C=O) groups excluding carboxylic acids is 4. The minimum absolute atomic E-state index is 0.0151. The molecule has 7 heteroatoms. The zero-order chi connectivity index (χ0) is 19.7. The van der Waals surface area contributed by atoms with Gasteiger partial charge in [-0.2, -0.15) is 0 Å². The summed E-state index contributed by atoms with van der Waals surface area (Å²) < 4.78 is 0. The number of nitrogens with zero attached hydrogens (tertiary/aromatic N) is 3. The highest BCUT2D eigenvalue weighted by Crippen LogP contribution is 2.72. The number of hydrogen-bond donors (Lipinski definition) is 0. The van der Waals surface area contributed by atoms with E-state index in [0.29, 0.717) is 25.8 Å². The van der Waals surface area contributed by atoms with Crippen LogP contribution in [0.5, 0.6) is 0 Å². The lowest BCUT2D eigenvalue weighted by Crippen LogP contribution is -2.80. The van der Waals surface area contributed by atoms with E-state index in [0.717, 1.165) is 0 Å². The summed E-state index contributed by atoms with van der Waals surface area (Å²) in [5.74, 6) is -0.153. The van der Waals surface area contributed by atoms with Gasteiger partial charge in [-0.15, -0.1) is 0 Å². The van der Waals surface area contributed by atoms with E-state index in [1.807, 2.05) is 23.8 Å². The van der Waals surface area contributed by atoms with Crippen molar-refractivity contribution in [1.82, 2.24) is 14.7 Å². The monoisotopic (exact) mass is 373 g/mol. The second-order valence-corrected chi connectivity index (χ2v) is 10.1. The molecule has 27 heavy (non-hydrogen) atoms. The third kappa shape index (κ3) is 1.45. The van der Waals surface area contributed by atoms with Crippen LogP contribution in [0.4, 0.5) is 0 Å². The SMILES string of the molecule is CC1CC(=O)N2CC34CC5(CC(=O)N(C)C5=O)C(C)(C)C3CC12C(=O)N4C. The fourth-order valence-electron chi connectivity index (χ4n) is 7.54. The second kappa shape index (κ2) is 4.39. The van der Waals surface area contributed by atoms with Crippen LogP contribution < -0.4 is 0 Å². The second-order valence-electron chi connectivity index (χ2n) is 10.1. The molecule has 0 aromatic carbocycles. The van der Waals surface area contributed by atoms with Crippen LogP contribution in [0.15, 0.2) is 0 Å². The molecule has 0 aromatic heterocycles. The molecule has 0 N–H and O–H groups in total. The molecule has 5 unspecified atom stereocenters. The van der Waals surface area contributed by atoms with Crippen molar-refractivity contribution >= 4 is 23.6 Å². The Morgan fingerprint density at radius 3 is 2.26 bits per heavy atom. The highest BCUT2D eigenvalue weighted by Gasteiger charge is 2.81. The summed E-state index contributed by atoms with van der Waals surface area (Å²) in [6.45, 7) is 6.67. The number of imide groups is 1. The van der Waals surface area contributed by atoms with Gasteiger partial charge in [-0.1, -0.05) is 20.8 Å². The van der Waals surface area contributed by atoms with Gasteiger partial charge >= 0.3 is 0 Å². The van der Waals surface area contributed by atoms with E-state index in [1.165, 1.54) is 4.90 Å². The number of likely N-dealkylation sites (tertiary alicyclic amines) is 1. The molecule has 3 spiro atoms. The Morgan fingerprint density at radius 2 is 1.67 bits per heavy atom. The highest BCUT2D eigenvalue weighted by atomic mass is 16.2. The number of hydrogen-bond acceptors (Lipinski definition) is 4. The van der Waals surface area contributed by atoms with Gasteiger partial charge < -0.3 is 9.80 Å². The topological polar surface area (TPSA) is 78.0 Å². The molecule has 1 saturated carbocycles. The fraction of sp³-hybridized carbons (Fsp3) is 0.800. The fourth-order valence-corrected chi connectivity index (χ4v) is 7.54. The quantitative estimate of drug-likeness (QED) is 0.584. The third-order valence-electron chi connectivity index (χ3n) is 9.27. The van der Waals surface area contributed by atoms with E-state index in [4.69, 9.17) is 0 Å². The Morgan fingerprint density at radius 1 is 1.00 bits per heavy atom. The Kier molecular flexibility index (Phi) is 2.79. The molecule has 2 bridgehead atoms. The van der Waals surface area contributed by atoms with Crippen LogP contribution in [0.25, 0.3) is 0 Å². The molecule has 146 valence electrons. The maximum Gasteiger partial charge on any atom is 0.249 e. The lowest BCUT2D eigenvalue weighted by Gasteiger charge is -2.64. The summed E-state index contributed by atoms with van der Waals surface area (Å²) in [6, 6.07) is 0. The van der Waals surface area contributed by atoms with Crippen molar-refractivity contribution in [2.45, 2.75) is 57.5 Å². The number of likely N-dealkylation sites (N-methyl/N-ethyl adjacent to an activating group) is 1. The van der Waals surface area contributed by atoms with Crippen LogP contribution in [0.2, 0.25) is 0 Å². The predicted molar refractivity (Wildman–Crippen MR) is 95.1 cm³/mol. The normalized spacial score (nSPS) is 47.5. The Labute approximate surface area is 159 Å². The first kappa shape index (κ1) is 17.2. The van der Waals surface area contributed by atoms with Gasteiger partial charge in [0, 0.05) is 33.5 Å². The number of amides is 4. The molecule has 6 aliphatic rings. The first-order valence-corrected chi connectivity index (χ1v) is 9.85. The van der Waals surface area contributed by atoms with Crippen molar-refractivity contribution in [3.8, 4) is 0 Å². The largest absolute Gasteiger partial charge is 0.336 e. The number of carbonyl (C=O) groups is 4. The van der Waals surface area contributed by atoms with E-state index in [9.17, 15) is 19.2 Å². The van der Waals surface area contributed by atoms with Gasteiger partial charge in [0.15, 0.2) is 0 Å². The molecule has 5 saturated heterocycles.